The number of rotatable bonds is 6. The van der Waals surface area contributed by atoms with Crippen LogP contribution in [0.4, 0.5) is 0 Å². The number of carbonyl (C=O) groups is 2. The smallest absolute Gasteiger partial charge is 0.310 e. The fraction of sp³-hybridized carbons (Fsp3) is 0.800. The molecule has 1 amide bonds. The molecule has 0 radical (unpaired) electrons. The van der Waals surface area contributed by atoms with Crippen molar-refractivity contribution in [2.75, 3.05) is 26.3 Å². The lowest BCUT2D eigenvalue weighted by Gasteiger charge is -2.36. The molecule has 0 aromatic heterocycles. The van der Waals surface area contributed by atoms with Crippen LogP contribution in [0.15, 0.2) is 0 Å². The van der Waals surface area contributed by atoms with Gasteiger partial charge >= 0.3 is 5.97 Å². The Labute approximate surface area is 89.0 Å². The molecule has 0 spiro atoms. The summed E-state index contributed by atoms with van der Waals surface area (Å²) in [7, 11) is 0. The van der Waals surface area contributed by atoms with Crippen LogP contribution in [0.2, 0.25) is 0 Å². The van der Waals surface area contributed by atoms with E-state index in [0.29, 0.717) is 32.7 Å². The van der Waals surface area contributed by atoms with Crippen LogP contribution in [0.5, 0.6) is 0 Å². The molecule has 0 aromatic rings. The number of amides is 1. The van der Waals surface area contributed by atoms with E-state index >= 15 is 0 Å². The Balaban J connectivity index is 2.07. The maximum absolute atomic E-state index is 11.4. The highest BCUT2D eigenvalue weighted by molar-refractivity contribution is 5.80. The lowest BCUT2D eigenvalue weighted by Crippen LogP contribution is -2.53. The quantitative estimate of drug-likeness (QED) is 0.649. The number of hydrogen-bond acceptors (Lipinski definition) is 3. The Morgan fingerprint density at radius 3 is 2.60 bits per heavy atom. The van der Waals surface area contributed by atoms with Gasteiger partial charge in [-0.15, -0.1) is 0 Å². The molecule has 0 bridgehead atoms. The van der Waals surface area contributed by atoms with E-state index in [1.165, 1.54) is 0 Å². The molecule has 1 aliphatic rings. The predicted octanol–water partition coefficient (Wildman–Crippen LogP) is 0.346. The first-order chi connectivity index (χ1) is 7.15. The maximum atomic E-state index is 11.4. The number of hydrogen-bond donors (Lipinski definition) is 1. The summed E-state index contributed by atoms with van der Waals surface area (Å²) in [5.41, 5.74) is 0. The van der Waals surface area contributed by atoms with Gasteiger partial charge in [-0.25, -0.2) is 0 Å². The van der Waals surface area contributed by atoms with E-state index in [-0.39, 0.29) is 11.8 Å². The Morgan fingerprint density at radius 2 is 2.07 bits per heavy atom. The van der Waals surface area contributed by atoms with Gasteiger partial charge in [-0.1, -0.05) is 6.92 Å². The molecular formula is C10H17NO4. The first-order valence-electron chi connectivity index (χ1n) is 5.23. The second-order valence-electron chi connectivity index (χ2n) is 3.70. The first-order valence-corrected chi connectivity index (χ1v) is 5.23. The molecule has 0 unspecified atom stereocenters. The zero-order valence-corrected chi connectivity index (χ0v) is 8.94. The molecule has 5 nitrogen and oxygen atoms in total. The number of likely N-dealkylation sites (tertiary alicyclic amines) is 1. The number of nitrogens with zero attached hydrogens (tertiary/aromatic N) is 1. The summed E-state index contributed by atoms with van der Waals surface area (Å²) in [5, 5.41) is 8.62. The van der Waals surface area contributed by atoms with Gasteiger partial charge < -0.3 is 14.7 Å². The van der Waals surface area contributed by atoms with Gasteiger partial charge in [0.25, 0.3) is 0 Å². The van der Waals surface area contributed by atoms with Gasteiger partial charge in [0.15, 0.2) is 0 Å². The first kappa shape index (κ1) is 12.0. The third-order valence-electron chi connectivity index (χ3n) is 2.39. The molecule has 15 heavy (non-hydrogen) atoms. The summed E-state index contributed by atoms with van der Waals surface area (Å²) >= 11 is 0. The van der Waals surface area contributed by atoms with E-state index in [2.05, 4.69) is 0 Å². The van der Waals surface area contributed by atoms with E-state index in [1.54, 1.807) is 4.90 Å². The van der Waals surface area contributed by atoms with Gasteiger partial charge in [0, 0.05) is 19.7 Å². The fourth-order valence-corrected chi connectivity index (χ4v) is 1.40. The van der Waals surface area contributed by atoms with Crippen LogP contribution in [-0.2, 0) is 14.3 Å². The zero-order valence-electron chi connectivity index (χ0n) is 8.94. The Bertz CT molecular complexity index is 236. The minimum Gasteiger partial charge on any atom is -0.481 e. The van der Waals surface area contributed by atoms with Crippen LogP contribution in [0.3, 0.4) is 0 Å². The minimum atomic E-state index is -0.818. The normalized spacial score (nSPS) is 16.2. The van der Waals surface area contributed by atoms with E-state index in [1.807, 2.05) is 6.92 Å². The monoisotopic (exact) mass is 215 g/mol. The highest BCUT2D eigenvalue weighted by atomic mass is 16.5. The highest BCUT2D eigenvalue weighted by Crippen LogP contribution is 2.16. The lowest BCUT2D eigenvalue weighted by atomic mass is 10.0. The second-order valence-corrected chi connectivity index (χ2v) is 3.70. The van der Waals surface area contributed by atoms with Crippen molar-refractivity contribution < 1.29 is 19.4 Å². The van der Waals surface area contributed by atoms with Crippen molar-refractivity contribution in [3.8, 4) is 0 Å². The Kier molecular flexibility index (Phi) is 4.55. The summed E-state index contributed by atoms with van der Waals surface area (Å²) < 4.78 is 5.18. The zero-order chi connectivity index (χ0) is 11.3. The van der Waals surface area contributed by atoms with Crippen molar-refractivity contribution >= 4 is 11.9 Å². The third kappa shape index (κ3) is 3.51. The van der Waals surface area contributed by atoms with Gasteiger partial charge in [-0.3, -0.25) is 9.59 Å². The molecule has 1 heterocycles. The van der Waals surface area contributed by atoms with Crippen molar-refractivity contribution in [2.45, 2.75) is 19.8 Å². The number of aliphatic carboxylic acids is 1. The summed E-state index contributed by atoms with van der Waals surface area (Å²) in [4.78, 5) is 23.5. The van der Waals surface area contributed by atoms with Crippen LogP contribution in [0.1, 0.15) is 19.8 Å². The molecule has 1 fully saturated rings. The largest absolute Gasteiger partial charge is 0.481 e. The molecule has 1 saturated heterocycles. The van der Waals surface area contributed by atoms with Crippen molar-refractivity contribution in [1.29, 1.82) is 0 Å². The Morgan fingerprint density at radius 1 is 1.40 bits per heavy atom. The topological polar surface area (TPSA) is 66.8 Å². The van der Waals surface area contributed by atoms with E-state index < -0.39 is 5.97 Å². The van der Waals surface area contributed by atoms with Crippen LogP contribution >= 0.6 is 0 Å². The van der Waals surface area contributed by atoms with Crippen molar-refractivity contribution in [2.24, 2.45) is 5.92 Å². The number of carboxylic acids is 1. The molecule has 0 atom stereocenters. The predicted molar refractivity (Wildman–Crippen MR) is 53.4 cm³/mol. The van der Waals surface area contributed by atoms with Gasteiger partial charge in [-0.05, 0) is 6.42 Å². The van der Waals surface area contributed by atoms with Crippen LogP contribution in [0, 0.1) is 5.92 Å². The molecule has 0 saturated carbocycles. The highest BCUT2D eigenvalue weighted by Gasteiger charge is 2.34. The molecular weight excluding hydrogens is 198 g/mol. The molecule has 1 N–H and O–H groups in total. The lowest BCUT2D eigenvalue weighted by molar-refractivity contribution is -0.153. The van der Waals surface area contributed by atoms with Gasteiger partial charge in [0.1, 0.15) is 0 Å². The number of carbonyl (C=O) groups excluding carboxylic acids is 1. The van der Waals surface area contributed by atoms with Gasteiger partial charge in [0.2, 0.25) is 5.91 Å². The fourth-order valence-electron chi connectivity index (χ4n) is 1.40. The molecule has 0 aromatic carbocycles. The Hall–Kier alpha value is -1.10. The van der Waals surface area contributed by atoms with Crippen molar-refractivity contribution in [1.82, 2.24) is 4.90 Å². The average Bonchev–Trinajstić information content (AvgIpc) is 2.09. The van der Waals surface area contributed by atoms with Crippen molar-refractivity contribution in [3.63, 3.8) is 0 Å². The average molecular weight is 215 g/mol. The van der Waals surface area contributed by atoms with E-state index in [0.717, 1.165) is 6.42 Å². The number of ether oxygens (including phenoxy) is 1. The van der Waals surface area contributed by atoms with E-state index in [4.69, 9.17) is 9.84 Å². The summed E-state index contributed by atoms with van der Waals surface area (Å²) in [6.07, 6.45) is 1.30. The second kappa shape index (κ2) is 5.70. The standard InChI is InChI=1S/C10H17NO4/c1-2-4-15-5-3-9(12)11-6-8(7-11)10(13)14/h8H,2-7H2,1H3,(H,13,14). The minimum absolute atomic E-state index is 0.0106. The van der Waals surface area contributed by atoms with Gasteiger partial charge in [-0.2, -0.15) is 0 Å². The van der Waals surface area contributed by atoms with Crippen LogP contribution < -0.4 is 0 Å². The molecule has 0 aliphatic carbocycles. The van der Waals surface area contributed by atoms with Crippen LogP contribution in [0.25, 0.3) is 0 Å². The summed E-state index contributed by atoms with van der Waals surface area (Å²) in [6.45, 7) is 3.81. The number of carboxylic acid groups (broad SMARTS) is 1. The maximum Gasteiger partial charge on any atom is 0.310 e. The van der Waals surface area contributed by atoms with Crippen molar-refractivity contribution in [3.05, 3.63) is 0 Å². The molecule has 1 aliphatic heterocycles. The third-order valence-corrected chi connectivity index (χ3v) is 2.39. The van der Waals surface area contributed by atoms with Gasteiger partial charge in [0.05, 0.1) is 18.9 Å². The molecule has 86 valence electrons. The summed E-state index contributed by atoms with van der Waals surface area (Å²) in [6, 6.07) is 0. The molecule has 1 rings (SSSR count). The SMILES string of the molecule is CCCOCCC(=O)N1CC(C(=O)O)C1. The summed E-state index contributed by atoms with van der Waals surface area (Å²) in [5.74, 6) is -1.20. The van der Waals surface area contributed by atoms with Crippen LogP contribution in [-0.4, -0.2) is 48.2 Å². The van der Waals surface area contributed by atoms with E-state index in [9.17, 15) is 9.59 Å². The molecule has 5 heteroatoms.